The number of nitrogens with zero attached hydrogens (tertiary/aromatic N) is 2. The number of carbonyl (C=O) groups excluding carboxylic acids is 3. The zero-order valence-electron chi connectivity index (χ0n) is 18.4. The van der Waals surface area contributed by atoms with Crippen molar-refractivity contribution in [2.75, 3.05) is 4.90 Å². The molecule has 2 N–H and O–H groups in total. The number of urea groups is 1. The number of hydrogen-bond acceptors (Lipinski definition) is 7. The maximum atomic E-state index is 13.0. The van der Waals surface area contributed by atoms with Crippen LogP contribution >= 0.6 is 0 Å². The third-order valence-electron chi connectivity index (χ3n) is 5.20. The Bertz CT molecular complexity index is 1410. The molecule has 0 bridgehead atoms. The van der Waals surface area contributed by atoms with Crippen molar-refractivity contribution in [3.05, 3.63) is 105 Å². The van der Waals surface area contributed by atoms with Gasteiger partial charge in [-0.05, 0) is 47.5 Å². The van der Waals surface area contributed by atoms with Crippen LogP contribution in [-0.4, -0.2) is 33.8 Å². The number of nitro groups is 1. The number of nitrogens with one attached hydrogen (secondary N) is 1. The monoisotopic (exact) mass is 487 g/mol. The maximum absolute atomic E-state index is 13.0. The van der Waals surface area contributed by atoms with Crippen LogP contribution in [0.2, 0.25) is 0 Å². The van der Waals surface area contributed by atoms with Gasteiger partial charge in [0.05, 0.1) is 16.2 Å². The quantitative estimate of drug-likeness (QED) is 0.222. The van der Waals surface area contributed by atoms with Gasteiger partial charge in [-0.1, -0.05) is 30.3 Å². The summed E-state index contributed by atoms with van der Waals surface area (Å²) in [6.07, 6.45) is 1.29. The van der Waals surface area contributed by atoms with E-state index in [0.29, 0.717) is 16.2 Å². The molecule has 4 amide bonds. The predicted molar refractivity (Wildman–Crippen MR) is 126 cm³/mol. The largest absolute Gasteiger partial charge is 0.489 e. The van der Waals surface area contributed by atoms with Crippen molar-refractivity contribution in [3.8, 4) is 5.75 Å². The number of anilines is 1. The standard InChI is InChI=1S/C25H17N3O8/c29-22-21(23(30)27(25(33)26-22)18-2-1-3-19(13-18)28(34)35)12-15-6-10-20(11-7-15)36-14-16-4-8-17(9-5-16)24(31)32/h1-13H,14H2,(H,31,32)(H,26,29,33)/b21-12+. The van der Waals surface area contributed by atoms with E-state index in [1.54, 1.807) is 36.4 Å². The highest BCUT2D eigenvalue weighted by Gasteiger charge is 2.37. The van der Waals surface area contributed by atoms with Crippen molar-refractivity contribution in [2.45, 2.75) is 6.61 Å². The summed E-state index contributed by atoms with van der Waals surface area (Å²) in [5, 5.41) is 22.1. The molecule has 1 heterocycles. The minimum atomic E-state index is -1.02. The topological polar surface area (TPSA) is 156 Å². The van der Waals surface area contributed by atoms with E-state index in [9.17, 15) is 29.3 Å². The van der Waals surface area contributed by atoms with E-state index in [1.807, 2.05) is 0 Å². The highest BCUT2D eigenvalue weighted by Crippen LogP contribution is 2.26. The molecule has 1 fully saturated rings. The lowest BCUT2D eigenvalue weighted by atomic mass is 10.1. The van der Waals surface area contributed by atoms with Gasteiger partial charge in [0.25, 0.3) is 17.5 Å². The molecule has 0 aliphatic carbocycles. The maximum Gasteiger partial charge on any atom is 0.335 e. The van der Waals surface area contributed by atoms with Gasteiger partial charge in [-0.2, -0.15) is 0 Å². The fourth-order valence-corrected chi connectivity index (χ4v) is 3.37. The Hall–Kier alpha value is -5.32. The predicted octanol–water partition coefficient (Wildman–Crippen LogP) is 3.54. The Morgan fingerprint density at radius 3 is 2.36 bits per heavy atom. The molecule has 3 aromatic carbocycles. The summed E-state index contributed by atoms with van der Waals surface area (Å²) >= 11 is 0. The number of nitro benzene ring substituents is 1. The van der Waals surface area contributed by atoms with Gasteiger partial charge < -0.3 is 9.84 Å². The normalized spacial score (nSPS) is 14.5. The molecule has 0 radical (unpaired) electrons. The molecule has 11 heteroatoms. The fraction of sp³-hybridized carbons (Fsp3) is 0.0400. The van der Waals surface area contributed by atoms with Crippen molar-refractivity contribution in [3.63, 3.8) is 0 Å². The first-order valence-electron chi connectivity index (χ1n) is 10.4. The molecule has 1 aliphatic rings. The summed E-state index contributed by atoms with van der Waals surface area (Å²) in [4.78, 5) is 59.6. The third-order valence-corrected chi connectivity index (χ3v) is 5.20. The summed E-state index contributed by atoms with van der Waals surface area (Å²) in [6.45, 7) is 0.196. The zero-order valence-corrected chi connectivity index (χ0v) is 18.4. The first kappa shape index (κ1) is 23.8. The minimum absolute atomic E-state index is 0.0507. The lowest BCUT2D eigenvalue weighted by Gasteiger charge is -2.26. The average Bonchev–Trinajstić information content (AvgIpc) is 2.86. The van der Waals surface area contributed by atoms with Gasteiger partial charge in [0.2, 0.25) is 0 Å². The van der Waals surface area contributed by atoms with Crippen LogP contribution in [0.1, 0.15) is 21.5 Å². The van der Waals surface area contributed by atoms with E-state index in [0.717, 1.165) is 11.6 Å². The highest BCUT2D eigenvalue weighted by molar-refractivity contribution is 6.39. The molecule has 36 heavy (non-hydrogen) atoms. The van der Waals surface area contributed by atoms with Crippen LogP contribution in [-0.2, 0) is 16.2 Å². The summed E-state index contributed by atoms with van der Waals surface area (Å²) in [6, 6.07) is 16.6. The molecule has 0 unspecified atom stereocenters. The average molecular weight is 487 g/mol. The zero-order chi connectivity index (χ0) is 25.8. The Morgan fingerprint density at radius 2 is 1.72 bits per heavy atom. The SMILES string of the molecule is O=C1NC(=O)N(c2cccc([N+](=O)[O-])c2)C(=O)/C1=C/c1ccc(OCc2ccc(C(=O)O)cc2)cc1. The lowest BCUT2D eigenvalue weighted by Crippen LogP contribution is -2.54. The van der Waals surface area contributed by atoms with Gasteiger partial charge >= 0.3 is 12.0 Å². The van der Waals surface area contributed by atoms with Gasteiger partial charge in [-0.15, -0.1) is 0 Å². The number of ether oxygens (including phenoxy) is 1. The Morgan fingerprint density at radius 1 is 1.03 bits per heavy atom. The van der Waals surface area contributed by atoms with E-state index in [1.165, 1.54) is 36.4 Å². The number of barbiturate groups is 1. The van der Waals surface area contributed by atoms with E-state index >= 15 is 0 Å². The molecule has 1 saturated heterocycles. The van der Waals surface area contributed by atoms with Crippen molar-refractivity contribution < 1.29 is 33.9 Å². The molecule has 180 valence electrons. The fourth-order valence-electron chi connectivity index (χ4n) is 3.37. The Kier molecular flexibility index (Phi) is 6.55. The second-order valence-electron chi connectivity index (χ2n) is 7.59. The number of carbonyl (C=O) groups is 4. The Labute approximate surface area is 203 Å². The molecule has 0 aromatic heterocycles. The number of imide groups is 2. The van der Waals surface area contributed by atoms with Crippen molar-refractivity contribution >= 4 is 41.3 Å². The number of aromatic carboxylic acids is 1. The lowest BCUT2D eigenvalue weighted by molar-refractivity contribution is -0.384. The van der Waals surface area contributed by atoms with Gasteiger partial charge in [0, 0.05) is 12.1 Å². The minimum Gasteiger partial charge on any atom is -0.489 e. The number of hydrogen-bond donors (Lipinski definition) is 2. The van der Waals surface area contributed by atoms with E-state index in [-0.39, 0.29) is 29.1 Å². The second-order valence-corrected chi connectivity index (χ2v) is 7.59. The number of benzene rings is 3. The van der Waals surface area contributed by atoms with Crippen molar-refractivity contribution in [1.82, 2.24) is 5.32 Å². The van der Waals surface area contributed by atoms with E-state index in [4.69, 9.17) is 9.84 Å². The van der Waals surface area contributed by atoms with Gasteiger partial charge in [0.15, 0.2) is 0 Å². The molecule has 3 aromatic rings. The van der Waals surface area contributed by atoms with Gasteiger partial charge in [-0.3, -0.25) is 25.0 Å². The van der Waals surface area contributed by atoms with E-state index in [2.05, 4.69) is 5.32 Å². The number of non-ortho nitro benzene ring substituents is 1. The summed E-state index contributed by atoms with van der Waals surface area (Å²) < 4.78 is 5.68. The highest BCUT2D eigenvalue weighted by atomic mass is 16.6. The van der Waals surface area contributed by atoms with Crippen LogP contribution in [0.5, 0.6) is 5.75 Å². The third kappa shape index (κ3) is 5.09. The number of carboxylic acids is 1. The van der Waals surface area contributed by atoms with Crippen LogP contribution in [0.25, 0.3) is 6.08 Å². The van der Waals surface area contributed by atoms with E-state index < -0.39 is 28.7 Å². The molecule has 0 atom stereocenters. The first-order chi connectivity index (χ1) is 17.2. The Balaban J connectivity index is 1.50. The second kappa shape index (κ2) is 9.89. The summed E-state index contributed by atoms with van der Waals surface area (Å²) in [5.41, 5.74) is 0.715. The number of carboxylic acid groups (broad SMARTS) is 1. The number of rotatable bonds is 7. The van der Waals surface area contributed by atoms with Crippen molar-refractivity contribution in [1.29, 1.82) is 0 Å². The van der Waals surface area contributed by atoms with Crippen molar-refractivity contribution in [2.24, 2.45) is 0 Å². The molecular formula is C25H17N3O8. The molecule has 0 spiro atoms. The molecular weight excluding hydrogens is 470 g/mol. The first-order valence-corrected chi connectivity index (χ1v) is 10.4. The molecule has 1 aliphatic heterocycles. The van der Waals surface area contributed by atoms with Crippen LogP contribution in [0.3, 0.4) is 0 Å². The van der Waals surface area contributed by atoms with Crippen LogP contribution < -0.4 is 15.0 Å². The summed E-state index contributed by atoms with van der Waals surface area (Å²) in [7, 11) is 0. The van der Waals surface area contributed by atoms with Crippen LogP contribution in [0, 0.1) is 10.1 Å². The van der Waals surface area contributed by atoms with Gasteiger partial charge in [-0.25, -0.2) is 14.5 Å². The van der Waals surface area contributed by atoms with Crippen LogP contribution in [0.4, 0.5) is 16.2 Å². The van der Waals surface area contributed by atoms with Gasteiger partial charge in [0.1, 0.15) is 17.9 Å². The summed E-state index contributed by atoms with van der Waals surface area (Å²) in [5.74, 6) is -2.34. The number of amides is 4. The smallest absolute Gasteiger partial charge is 0.335 e. The molecule has 0 saturated carbocycles. The molecule has 4 rings (SSSR count). The van der Waals surface area contributed by atoms with Crippen LogP contribution in [0.15, 0.2) is 78.4 Å². The molecule has 11 nitrogen and oxygen atoms in total.